The van der Waals surface area contributed by atoms with Crippen LogP contribution in [0.2, 0.25) is 0 Å². The molecule has 56 valence electrons. The maximum absolute atomic E-state index is 10.6. The van der Waals surface area contributed by atoms with Crippen molar-refractivity contribution in [2.45, 2.75) is 6.92 Å². The fourth-order valence-electron chi connectivity index (χ4n) is 0.704. The molecule has 0 bridgehead atoms. The highest BCUT2D eigenvalue weighted by molar-refractivity contribution is 5.80. The lowest BCUT2D eigenvalue weighted by Gasteiger charge is -2.17. The summed E-state index contributed by atoms with van der Waals surface area (Å²) in [4.78, 5) is 10.6. The Bertz CT molecular complexity index is 185. The highest BCUT2D eigenvalue weighted by Crippen LogP contribution is 2.05. The van der Waals surface area contributed by atoms with Crippen LogP contribution in [0.5, 0.6) is 0 Å². The van der Waals surface area contributed by atoms with E-state index in [0.717, 1.165) is 0 Å². The van der Waals surface area contributed by atoms with Crippen molar-refractivity contribution in [3.05, 3.63) is 11.5 Å². The Morgan fingerprint density at radius 3 is 3.00 bits per heavy atom. The summed E-state index contributed by atoms with van der Waals surface area (Å²) in [6.45, 7) is 1.57. The first kappa shape index (κ1) is 7.08. The van der Waals surface area contributed by atoms with Crippen LogP contribution in [0.15, 0.2) is 11.5 Å². The summed E-state index contributed by atoms with van der Waals surface area (Å²) in [5.41, 5.74) is 0.455. The van der Waals surface area contributed by atoms with Crippen molar-refractivity contribution in [1.29, 1.82) is 0 Å². The molecule has 4 nitrogen and oxygen atoms in total. The number of carbonyl (C=O) groups is 1. The molecule has 0 spiro atoms. The van der Waals surface area contributed by atoms with Crippen LogP contribution in [-0.4, -0.2) is 24.2 Å². The van der Waals surface area contributed by atoms with E-state index in [1.165, 1.54) is 0 Å². The third kappa shape index (κ3) is 1.27. The van der Waals surface area contributed by atoms with Gasteiger partial charge in [-0.15, -0.1) is 0 Å². The Labute approximate surface area is 58.5 Å². The quantitative estimate of drug-likeness (QED) is 0.513. The second-order valence-electron chi connectivity index (χ2n) is 2.03. The van der Waals surface area contributed by atoms with Crippen LogP contribution in [-0.2, 0) is 9.53 Å². The normalized spacial score (nSPS) is 18.4. The Kier molecular flexibility index (Phi) is 1.91. The van der Waals surface area contributed by atoms with Gasteiger partial charge in [-0.1, -0.05) is 0 Å². The van der Waals surface area contributed by atoms with Crippen LogP contribution >= 0.6 is 0 Å². The Hall–Kier alpha value is -1.03. The molecule has 2 N–H and O–H groups in total. The number of nitrogens with one attached hydrogen (secondary N) is 1. The highest BCUT2D eigenvalue weighted by Gasteiger charge is 2.14. The second kappa shape index (κ2) is 2.70. The molecule has 0 aliphatic carbocycles. The van der Waals surface area contributed by atoms with Crippen LogP contribution in [0.25, 0.3) is 0 Å². The lowest BCUT2D eigenvalue weighted by atomic mass is 10.3. The molecule has 0 saturated heterocycles. The minimum absolute atomic E-state index is 0.0509. The lowest BCUT2D eigenvalue weighted by molar-refractivity contribution is -0.125. The molecule has 4 heteroatoms. The standard InChI is InChI=1S/C6H9NO3/c1-4-5(2-8)7-6(9)3-10-4/h8H,2-3H2,1H3,(H,7,9). The summed E-state index contributed by atoms with van der Waals surface area (Å²) in [5, 5.41) is 11.1. The van der Waals surface area contributed by atoms with Crippen molar-refractivity contribution in [1.82, 2.24) is 5.32 Å². The van der Waals surface area contributed by atoms with E-state index in [1.807, 2.05) is 0 Å². The smallest absolute Gasteiger partial charge is 0.262 e. The number of aliphatic hydroxyl groups excluding tert-OH is 1. The van der Waals surface area contributed by atoms with Crippen LogP contribution in [0.3, 0.4) is 0 Å². The molecule has 0 saturated carbocycles. The molecule has 1 heterocycles. The van der Waals surface area contributed by atoms with E-state index in [9.17, 15) is 4.79 Å². The molecule has 1 aliphatic heterocycles. The van der Waals surface area contributed by atoms with Gasteiger partial charge in [-0.25, -0.2) is 0 Å². The second-order valence-corrected chi connectivity index (χ2v) is 2.03. The number of ether oxygens (including phenoxy) is 1. The fourth-order valence-corrected chi connectivity index (χ4v) is 0.704. The van der Waals surface area contributed by atoms with Crippen molar-refractivity contribution in [3.63, 3.8) is 0 Å². The first-order valence-electron chi connectivity index (χ1n) is 2.97. The molecule has 10 heavy (non-hydrogen) atoms. The van der Waals surface area contributed by atoms with Crippen LogP contribution in [0.4, 0.5) is 0 Å². The van der Waals surface area contributed by atoms with Crippen LogP contribution in [0, 0.1) is 0 Å². The summed E-state index contributed by atoms with van der Waals surface area (Å²) in [6.07, 6.45) is 0. The SMILES string of the molecule is CC1=C(CO)NC(=O)CO1. The zero-order valence-electron chi connectivity index (χ0n) is 5.68. The summed E-state index contributed by atoms with van der Waals surface area (Å²) >= 11 is 0. The van der Waals surface area contributed by atoms with E-state index in [-0.39, 0.29) is 19.1 Å². The zero-order valence-corrected chi connectivity index (χ0v) is 5.68. The number of hydrogen-bond acceptors (Lipinski definition) is 3. The number of aliphatic hydroxyl groups is 1. The van der Waals surface area contributed by atoms with Crippen molar-refractivity contribution in [3.8, 4) is 0 Å². The predicted molar refractivity (Wildman–Crippen MR) is 33.9 cm³/mol. The third-order valence-corrected chi connectivity index (χ3v) is 1.29. The van der Waals surface area contributed by atoms with Crippen molar-refractivity contribution >= 4 is 5.91 Å². The van der Waals surface area contributed by atoms with Gasteiger partial charge in [-0.2, -0.15) is 0 Å². The summed E-state index contributed by atoms with van der Waals surface area (Å²) < 4.78 is 4.90. The first-order valence-corrected chi connectivity index (χ1v) is 2.97. The molecular formula is C6H9NO3. The van der Waals surface area contributed by atoms with Gasteiger partial charge in [0.2, 0.25) is 0 Å². The van der Waals surface area contributed by atoms with E-state index in [4.69, 9.17) is 9.84 Å². The van der Waals surface area contributed by atoms with Gasteiger partial charge in [-0.05, 0) is 6.92 Å². The van der Waals surface area contributed by atoms with Gasteiger partial charge in [0.25, 0.3) is 5.91 Å². The number of hydrogen-bond donors (Lipinski definition) is 2. The lowest BCUT2D eigenvalue weighted by Crippen LogP contribution is -2.33. The summed E-state index contributed by atoms with van der Waals surface area (Å²) in [7, 11) is 0. The van der Waals surface area contributed by atoms with Gasteiger partial charge in [0.1, 0.15) is 5.76 Å². The topological polar surface area (TPSA) is 58.6 Å². The number of amides is 1. The van der Waals surface area contributed by atoms with Gasteiger partial charge in [0.15, 0.2) is 6.61 Å². The molecule has 0 atom stereocenters. The minimum atomic E-state index is -0.213. The summed E-state index contributed by atoms with van der Waals surface area (Å²) in [6, 6.07) is 0. The van der Waals surface area contributed by atoms with Gasteiger partial charge in [-0.3, -0.25) is 4.79 Å². The molecule has 1 amide bonds. The highest BCUT2D eigenvalue weighted by atomic mass is 16.5. The number of carbonyl (C=O) groups excluding carboxylic acids is 1. The average Bonchev–Trinajstić information content (AvgIpc) is 1.94. The molecule has 0 fully saturated rings. The van der Waals surface area contributed by atoms with Gasteiger partial charge in [0.05, 0.1) is 12.3 Å². The van der Waals surface area contributed by atoms with Crippen LogP contribution < -0.4 is 5.32 Å². The Balaban J connectivity index is 2.72. The summed E-state index contributed by atoms with van der Waals surface area (Å²) in [5.74, 6) is 0.372. The van der Waals surface area contributed by atoms with Gasteiger partial charge < -0.3 is 15.2 Å². The number of rotatable bonds is 1. The molecular weight excluding hydrogens is 134 g/mol. The van der Waals surface area contributed by atoms with E-state index < -0.39 is 0 Å². The van der Waals surface area contributed by atoms with E-state index in [1.54, 1.807) is 6.92 Å². The average molecular weight is 143 g/mol. The van der Waals surface area contributed by atoms with E-state index in [0.29, 0.717) is 11.5 Å². The molecule has 1 aliphatic rings. The third-order valence-electron chi connectivity index (χ3n) is 1.29. The van der Waals surface area contributed by atoms with Gasteiger partial charge in [0, 0.05) is 0 Å². The fraction of sp³-hybridized carbons (Fsp3) is 0.500. The van der Waals surface area contributed by atoms with E-state index >= 15 is 0 Å². The molecule has 1 rings (SSSR count). The molecule has 0 aromatic rings. The molecule has 0 aromatic heterocycles. The van der Waals surface area contributed by atoms with Crippen molar-refractivity contribution < 1.29 is 14.6 Å². The molecule has 0 radical (unpaired) electrons. The van der Waals surface area contributed by atoms with Crippen molar-refractivity contribution in [2.75, 3.05) is 13.2 Å². The maximum Gasteiger partial charge on any atom is 0.262 e. The van der Waals surface area contributed by atoms with Crippen molar-refractivity contribution in [2.24, 2.45) is 0 Å². The molecule has 0 aromatic carbocycles. The number of allylic oxidation sites excluding steroid dienone is 1. The van der Waals surface area contributed by atoms with Gasteiger partial charge >= 0.3 is 0 Å². The Morgan fingerprint density at radius 1 is 1.80 bits per heavy atom. The maximum atomic E-state index is 10.6. The monoisotopic (exact) mass is 143 g/mol. The minimum Gasteiger partial charge on any atom is -0.486 e. The largest absolute Gasteiger partial charge is 0.486 e. The zero-order chi connectivity index (χ0) is 7.56. The van der Waals surface area contributed by atoms with E-state index in [2.05, 4.69) is 5.32 Å². The predicted octanol–water partition coefficient (Wildman–Crippen LogP) is -0.643. The first-order chi connectivity index (χ1) is 4.74. The Morgan fingerprint density at radius 2 is 2.50 bits per heavy atom. The van der Waals surface area contributed by atoms with Crippen LogP contribution in [0.1, 0.15) is 6.92 Å². The molecule has 0 unspecified atom stereocenters.